The number of ether oxygens (including phenoxy) is 2. The summed E-state index contributed by atoms with van der Waals surface area (Å²) in [7, 11) is 2.64. The number of amides is 2. The molecule has 1 saturated heterocycles. The van der Waals surface area contributed by atoms with Crippen LogP contribution in [0.5, 0.6) is 0 Å². The Labute approximate surface area is 137 Å². The minimum Gasteiger partial charge on any atom is -0.451 e. The average Bonchev–Trinajstić information content (AvgIpc) is 3.06. The van der Waals surface area contributed by atoms with Gasteiger partial charge < -0.3 is 9.47 Å². The number of rotatable bonds is 4. The Morgan fingerprint density at radius 2 is 1.61 bits per heavy atom. The monoisotopic (exact) mass is 322 g/mol. The lowest BCUT2D eigenvalue weighted by atomic mass is 9.84. The highest BCUT2D eigenvalue weighted by atomic mass is 16.6. The molecule has 2 amide bonds. The van der Waals surface area contributed by atoms with Gasteiger partial charge in [0.1, 0.15) is 0 Å². The van der Waals surface area contributed by atoms with Crippen molar-refractivity contribution in [3.8, 4) is 0 Å². The molecule has 2 atom stereocenters. The van der Waals surface area contributed by atoms with Gasteiger partial charge in [-0.2, -0.15) is 0 Å². The summed E-state index contributed by atoms with van der Waals surface area (Å²) in [6, 6.07) is -0.239. The molecule has 1 aliphatic carbocycles. The number of carbonyl (C=O) groups excluding carboxylic acids is 2. The van der Waals surface area contributed by atoms with Gasteiger partial charge in [0.05, 0.1) is 26.3 Å². The SMILES string of the molecule is C=CCC(C)(C)CC=C1[C@@H]2CC[C@@H]1N(C(=O)OC)N2C(=O)OC. The number of methoxy groups -OCH3 is 2. The van der Waals surface area contributed by atoms with Gasteiger partial charge >= 0.3 is 12.2 Å². The smallest absolute Gasteiger partial charge is 0.429 e. The van der Waals surface area contributed by atoms with Gasteiger partial charge in [0.25, 0.3) is 0 Å². The third-order valence-corrected chi connectivity index (χ3v) is 4.62. The van der Waals surface area contributed by atoms with Gasteiger partial charge in [-0.1, -0.05) is 26.0 Å². The van der Waals surface area contributed by atoms with E-state index < -0.39 is 12.2 Å². The number of allylic oxidation sites excluding steroid dienone is 2. The molecule has 0 aromatic heterocycles. The number of hydrogen-bond donors (Lipinski definition) is 0. The van der Waals surface area contributed by atoms with Crippen molar-refractivity contribution in [3.63, 3.8) is 0 Å². The van der Waals surface area contributed by atoms with Crippen LogP contribution in [0.4, 0.5) is 9.59 Å². The summed E-state index contributed by atoms with van der Waals surface area (Å²) in [5.41, 5.74) is 1.21. The predicted molar refractivity (Wildman–Crippen MR) is 86.6 cm³/mol. The summed E-state index contributed by atoms with van der Waals surface area (Å²) in [6.45, 7) is 8.16. The highest BCUT2D eigenvalue weighted by Gasteiger charge is 2.53. The summed E-state index contributed by atoms with van der Waals surface area (Å²) >= 11 is 0. The van der Waals surface area contributed by atoms with Crippen LogP contribution in [0, 0.1) is 5.41 Å². The summed E-state index contributed by atoms with van der Waals surface area (Å²) < 4.78 is 9.68. The van der Waals surface area contributed by atoms with Gasteiger partial charge in [-0.3, -0.25) is 0 Å². The van der Waals surface area contributed by atoms with Crippen molar-refractivity contribution >= 4 is 12.2 Å². The second-order valence-corrected chi connectivity index (χ2v) is 6.80. The maximum atomic E-state index is 12.1. The van der Waals surface area contributed by atoms with Crippen molar-refractivity contribution in [2.75, 3.05) is 14.2 Å². The van der Waals surface area contributed by atoms with E-state index in [-0.39, 0.29) is 17.5 Å². The van der Waals surface area contributed by atoms with Crippen LogP contribution in [0.25, 0.3) is 0 Å². The topological polar surface area (TPSA) is 59.1 Å². The van der Waals surface area contributed by atoms with Crippen LogP contribution < -0.4 is 0 Å². The van der Waals surface area contributed by atoms with Gasteiger partial charge in [-0.05, 0) is 36.7 Å². The summed E-state index contributed by atoms with van der Waals surface area (Å²) in [6.07, 6.45) is 6.48. The van der Waals surface area contributed by atoms with E-state index in [1.54, 1.807) is 0 Å². The van der Waals surface area contributed by atoms with Crippen molar-refractivity contribution in [3.05, 3.63) is 24.3 Å². The molecule has 0 radical (unpaired) electrons. The highest BCUT2D eigenvalue weighted by Crippen LogP contribution is 2.43. The lowest BCUT2D eigenvalue weighted by Crippen LogP contribution is -2.53. The molecular weight excluding hydrogens is 296 g/mol. The lowest BCUT2D eigenvalue weighted by Gasteiger charge is -2.34. The summed E-state index contributed by atoms with van der Waals surface area (Å²) in [5, 5.41) is 2.79. The van der Waals surface area contributed by atoms with Gasteiger partial charge in [-0.25, -0.2) is 19.6 Å². The van der Waals surface area contributed by atoms with E-state index in [2.05, 4.69) is 26.5 Å². The maximum Gasteiger partial charge on any atom is 0.429 e. The van der Waals surface area contributed by atoms with Crippen molar-refractivity contribution in [2.45, 2.75) is 51.6 Å². The highest BCUT2D eigenvalue weighted by molar-refractivity contribution is 5.77. The van der Waals surface area contributed by atoms with Crippen LogP contribution in [0.3, 0.4) is 0 Å². The Bertz CT molecular complexity index is 495. The fourth-order valence-electron chi connectivity index (χ4n) is 3.46. The Morgan fingerprint density at radius 1 is 1.13 bits per heavy atom. The fourth-order valence-corrected chi connectivity index (χ4v) is 3.46. The van der Waals surface area contributed by atoms with E-state index in [0.717, 1.165) is 31.3 Å². The van der Waals surface area contributed by atoms with Crippen molar-refractivity contribution in [1.29, 1.82) is 0 Å². The Hall–Kier alpha value is -1.98. The van der Waals surface area contributed by atoms with Gasteiger partial charge in [0, 0.05) is 0 Å². The van der Waals surface area contributed by atoms with Crippen LogP contribution in [-0.2, 0) is 9.47 Å². The Kier molecular flexibility index (Phi) is 5.02. The van der Waals surface area contributed by atoms with Crippen LogP contribution in [0.1, 0.15) is 39.5 Å². The van der Waals surface area contributed by atoms with Crippen molar-refractivity contribution < 1.29 is 19.1 Å². The minimum atomic E-state index is -0.529. The zero-order valence-electron chi connectivity index (χ0n) is 14.4. The first-order chi connectivity index (χ1) is 10.9. The first-order valence-electron chi connectivity index (χ1n) is 7.91. The second kappa shape index (κ2) is 6.64. The lowest BCUT2D eigenvalue weighted by molar-refractivity contribution is -0.0300. The molecule has 1 saturated carbocycles. The molecule has 1 aliphatic heterocycles. The number of carbonyl (C=O) groups is 2. The molecule has 6 nitrogen and oxygen atoms in total. The summed E-state index contributed by atoms with van der Waals surface area (Å²) in [4.78, 5) is 24.2. The molecule has 6 heteroatoms. The number of nitrogens with zero attached hydrogens (tertiary/aromatic N) is 2. The first-order valence-corrected chi connectivity index (χ1v) is 7.91. The van der Waals surface area contributed by atoms with E-state index in [9.17, 15) is 9.59 Å². The molecule has 23 heavy (non-hydrogen) atoms. The molecule has 0 spiro atoms. The van der Waals surface area contributed by atoms with Crippen LogP contribution in [0.15, 0.2) is 24.3 Å². The Balaban J connectivity index is 2.27. The maximum absolute atomic E-state index is 12.1. The zero-order valence-corrected chi connectivity index (χ0v) is 14.4. The van der Waals surface area contributed by atoms with E-state index in [1.807, 2.05) is 6.08 Å². The fraction of sp³-hybridized carbons (Fsp3) is 0.647. The summed E-state index contributed by atoms with van der Waals surface area (Å²) in [5.74, 6) is 0. The number of hydrogen-bond acceptors (Lipinski definition) is 4. The normalized spacial score (nSPS) is 23.0. The van der Waals surface area contributed by atoms with Crippen molar-refractivity contribution in [2.24, 2.45) is 5.41 Å². The van der Waals surface area contributed by atoms with Gasteiger partial charge in [0.2, 0.25) is 0 Å². The van der Waals surface area contributed by atoms with Gasteiger partial charge in [0.15, 0.2) is 0 Å². The molecule has 2 rings (SSSR count). The molecule has 2 aliphatic rings. The third-order valence-electron chi connectivity index (χ3n) is 4.62. The number of fused-ring (bicyclic) bond motifs is 2. The molecule has 1 heterocycles. The molecule has 0 aromatic carbocycles. The molecule has 2 bridgehead atoms. The number of hydrazine groups is 1. The van der Waals surface area contributed by atoms with Crippen LogP contribution in [0.2, 0.25) is 0 Å². The van der Waals surface area contributed by atoms with Crippen molar-refractivity contribution in [1.82, 2.24) is 10.0 Å². The molecular formula is C17H26N2O4. The third kappa shape index (κ3) is 3.21. The first kappa shape index (κ1) is 17.4. The largest absolute Gasteiger partial charge is 0.451 e. The predicted octanol–water partition coefficient (Wildman–Crippen LogP) is 3.50. The van der Waals surface area contributed by atoms with E-state index in [4.69, 9.17) is 9.47 Å². The van der Waals surface area contributed by atoms with Gasteiger partial charge in [-0.15, -0.1) is 6.58 Å². The van der Waals surface area contributed by atoms with E-state index >= 15 is 0 Å². The standard InChI is InChI=1S/C17H26N2O4/c1-6-10-17(2,3)11-9-12-13-7-8-14(12)19(16(21)23-5)18(13)15(20)22-4/h6,9,13-14H,1,7-8,10-11H2,2-5H3/t13-,14-/m0/s1. The molecule has 0 aromatic rings. The average molecular weight is 322 g/mol. The molecule has 2 fully saturated rings. The molecule has 128 valence electrons. The van der Waals surface area contributed by atoms with E-state index in [0.29, 0.717) is 0 Å². The zero-order chi connectivity index (χ0) is 17.2. The second-order valence-electron chi connectivity index (χ2n) is 6.80. The molecule has 0 N–H and O–H groups in total. The van der Waals surface area contributed by atoms with E-state index in [1.165, 1.54) is 24.2 Å². The quantitative estimate of drug-likeness (QED) is 0.743. The molecule has 0 unspecified atom stereocenters. The van der Waals surface area contributed by atoms with Crippen LogP contribution >= 0.6 is 0 Å². The minimum absolute atomic E-state index is 0.100. The Morgan fingerprint density at radius 3 is 2.00 bits per heavy atom. The van der Waals surface area contributed by atoms with Crippen LogP contribution in [-0.4, -0.2) is 48.5 Å².